The summed E-state index contributed by atoms with van der Waals surface area (Å²) in [6.45, 7) is 3.29. The molecular formula is C12H18N6OS. The zero-order chi connectivity index (χ0) is 14.4. The molecular weight excluding hydrogens is 276 g/mol. The monoisotopic (exact) mass is 294 g/mol. The third-order valence-electron chi connectivity index (χ3n) is 2.51. The molecule has 0 fully saturated rings. The Bertz CT molecular complexity index is 533. The van der Waals surface area contributed by atoms with Crippen molar-refractivity contribution in [3.63, 3.8) is 0 Å². The highest BCUT2D eigenvalue weighted by atomic mass is 32.1. The molecule has 0 saturated carbocycles. The van der Waals surface area contributed by atoms with Crippen LogP contribution in [0.5, 0.6) is 6.01 Å². The molecule has 0 radical (unpaired) electrons. The number of thiophene rings is 1. The third-order valence-corrected chi connectivity index (χ3v) is 3.24. The smallest absolute Gasteiger partial charge is 0.323 e. The molecule has 0 bridgehead atoms. The van der Waals surface area contributed by atoms with Gasteiger partial charge < -0.3 is 9.64 Å². The van der Waals surface area contributed by atoms with Gasteiger partial charge in [0, 0.05) is 13.6 Å². The maximum Gasteiger partial charge on any atom is 0.323 e. The van der Waals surface area contributed by atoms with E-state index in [1.807, 2.05) is 24.3 Å². The van der Waals surface area contributed by atoms with Gasteiger partial charge >= 0.3 is 6.01 Å². The van der Waals surface area contributed by atoms with Crippen LogP contribution in [0.1, 0.15) is 18.9 Å². The number of aromatic nitrogens is 3. The fraction of sp³-hybridized carbons (Fsp3) is 0.417. The van der Waals surface area contributed by atoms with Gasteiger partial charge in [0.25, 0.3) is 0 Å². The van der Waals surface area contributed by atoms with Crippen LogP contribution in [-0.2, 0) is 6.54 Å². The Morgan fingerprint density at radius 2 is 2.25 bits per heavy atom. The van der Waals surface area contributed by atoms with Crippen LogP contribution in [0.2, 0.25) is 0 Å². The van der Waals surface area contributed by atoms with Crippen LogP contribution >= 0.6 is 11.3 Å². The molecule has 2 aromatic heterocycles. The third kappa shape index (κ3) is 3.78. The first-order valence-corrected chi connectivity index (χ1v) is 7.25. The highest BCUT2D eigenvalue weighted by molar-refractivity contribution is 7.07. The number of hydrogen-bond acceptors (Lipinski definition) is 8. The average molecular weight is 294 g/mol. The van der Waals surface area contributed by atoms with Crippen molar-refractivity contribution in [3.05, 3.63) is 22.4 Å². The van der Waals surface area contributed by atoms with Crippen molar-refractivity contribution >= 4 is 23.2 Å². The quantitative estimate of drug-likeness (QED) is 0.592. The Kier molecular flexibility index (Phi) is 5.08. The summed E-state index contributed by atoms with van der Waals surface area (Å²) >= 11 is 1.66. The highest BCUT2D eigenvalue weighted by Crippen LogP contribution is 2.16. The predicted molar refractivity (Wildman–Crippen MR) is 79.8 cm³/mol. The van der Waals surface area contributed by atoms with Gasteiger partial charge in [-0.2, -0.15) is 26.3 Å². The van der Waals surface area contributed by atoms with Crippen molar-refractivity contribution < 1.29 is 4.74 Å². The SMILES string of the molecule is CCCOc1nc(NN)nc(N(C)Cc2ccsc2)n1. The Morgan fingerprint density at radius 3 is 2.90 bits per heavy atom. The molecule has 20 heavy (non-hydrogen) atoms. The standard InChI is InChI=1S/C12H18N6OS/c1-3-5-19-12-15-10(17-13)14-11(16-12)18(2)7-9-4-6-20-8-9/h4,6,8H,3,5,7,13H2,1-2H3,(H,14,15,16,17). The lowest BCUT2D eigenvalue weighted by Gasteiger charge is -2.17. The molecule has 0 amide bonds. The summed E-state index contributed by atoms with van der Waals surface area (Å²) in [5.74, 6) is 6.19. The van der Waals surface area contributed by atoms with Crippen LogP contribution in [0.15, 0.2) is 16.8 Å². The van der Waals surface area contributed by atoms with Crippen LogP contribution in [0.25, 0.3) is 0 Å². The van der Waals surface area contributed by atoms with Gasteiger partial charge in [0.2, 0.25) is 11.9 Å². The van der Waals surface area contributed by atoms with E-state index in [1.165, 1.54) is 5.56 Å². The normalized spacial score (nSPS) is 10.3. The van der Waals surface area contributed by atoms with Crippen molar-refractivity contribution in [2.75, 3.05) is 24.0 Å². The highest BCUT2D eigenvalue weighted by Gasteiger charge is 2.11. The summed E-state index contributed by atoms with van der Waals surface area (Å²) in [6.07, 6.45) is 0.886. The first kappa shape index (κ1) is 14.5. The molecule has 3 N–H and O–H groups in total. The number of nitrogens with one attached hydrogen (secondary N) is 1. The van der Waals surface area contributed by atoms with E-state index in [-0.39, 0.29) is 6.01 Å². The van der Waals surface area contributed by atoms with Crippen molar-refractivity contribution in [3.8, 4) is 6.01 Å². The molecule has 2 rings (SSSR count). The molecule has 2 aromatic rings. The van der Waals surface area contributed by atoms with E-state index in [0.29, 0.717) is 25.0 Å². The first-order chi connectivity index (χ1) is 9.72. The van der Waals surface area contributed by atoms with Crippen LogP contribution < -0.4 is 20.9 Å². The fourth-order valence-electron chi connectivity index (χ4n) is 1.57. The summed E-state index contributed by atoms with van der Waals surface area (Å²) in [7, 11) is 1.91. The number of nitrogen functional groups attached to an aromatic ring is 1. The molecule has 2 heterocycles. The van der Waals surface area contributed by atoms with Crippen molar-refractivity contribution in [1.29, 1.82) is 0 Å². The van der Waals surface area contributed by atoms with Gasteiger partial charge in [-0.3, -0.25) is 5.43 Å². The van der Waals surface area contributed by atoms with Gasteiger partial charge in [-0.25, -0.2) is 5.84 Å². The Labute approximate surface area is 121 Å². The lowest BCUT2D eigenvalue weighted by Crippen LogP contribution is -2.21. The fourth-order valence-corrected chi connectivity index (χ4v) is 2.23. The minimum Gasteiger partial charge on any atom is -0.463 e. The molecule has 0 saturated heterocycles. The number of anilines is 2. The molecule has 8 heteroatoms. The first-order valence-electron chi connectivity index (χ1n) is 6.30. The van der Waals surface area contributed by atoms with Gasteiger partial charge in [-0.1, -0.05) is 6.92 Å². The molecule has 0 unspecified atom stereocenters. The second-order valence-corrected chi connectivity index (χ2v) is 5.00. The van der Waals surface area contributed by atoms with Gasteiger partial charge in [0.15, 0.2) is 0 Å². The summed E-state index contributed by atoms with van der Waals surface area (Å²) in [4.78, 5) is 14.5. The molecule has 7 nitrogen and oxygen atoms in total. The van der Waals surface area contributed by atoms with E-state index in [4.69, 9.17) is 10.6 Å². The van der Waals surface area contributed by atoms with Gasteiger partial charge in [-0.05, 0) is 28.8 Å². The zero-order valence-electron chi connectivity index (χ0n) is 11.5. The lowest BCUT2D eigenvalue weighted by molar-refractivity contribution is 0.292. The van der Waals surface area contributed by atoms with E-state index in [9.17, 15) is 0 Å². The van der Waals surface area contributed by atoms with Gasteiger partial charge in [-0.15, -0.1) is 0 Å². The summed E-state index contributed by atoms with van der Waals surface area (Å²) < 4.78 is 5.44. The Hall–Kier alpha value is -1.93. The largest absolute Gasteiger partial charge is 0.463 e. The molecule has 0 atom stereocenters. The Balaban J connectivity index is 2.16. The number of rotatable bonds is 7. The summed E-state index contributed by atoms with van der Waals surface area (Å²) in [5, 5.41) is 4.13. The number of hydrogen-bond donors (Lipinski definition) is 2. The number of nitrogens with zero attached hydrogens (tertiary/aromatic N) is 4. The minimum absolute atomic E-state index is 0.280. The van der Waals surface area contributed by atoms with E-state index in [2.05, 4.69) is 31.8 Å². The molecule has 0 aliphatic rings. The summed E-state index contributed by atoms with van der Waals surface area (Å²) in [6, 6.07) is 2.35. The topological polar surface area (TPSA) is 89.2 Å². The van der Waals surface area contributed by atoms with Crippen LogP contribution in [0.4, 0.5) is 11.9 Å². The number of hydrazine groups is 1. The molecule has 108 valence electrons. The van der Waals surface area contributed by atoms with Gasteiger partial charge in [0.1, 0.15) is 0 Å². The number of ether oxygens (including phenoxy) is 1. The van der Waals surface area contributed by atoms with E-state index in [1.54, 1.807) is 11.3 Å². The van der Waals surface area contributed by atoms with Crippen molar-refractivity contribution in [2.45, 2.75) is 19.9 Å². The molecule has 0 aromatic carbocycles. The van der Waals surface area contributed by atoms with Crippen LogP contribution in [-0.4, -0.2) is 28.6 Å². The molecule has 0 aliphatic carbocycles. The number of nitrogens with two attached hydrogens (primary N) is 1. The maximum absolute atomic E-state index is 5.44. The molecule has 0 spiro atoms. The summed E-state index contributed by atoms with van der Waals surface area (Å²) in [5.41, 5.74) is 3.64. The lowest BCUT2D eigenvalue weighted by atomic mass is 10.3. The minimum atomic E-state index is 0.280. The van der Waals surface area contributed by atoms with Crippen LogP contribution in [0.3, 0.4) is 0 Å². The Morgan fingerprint density at radius 1 is 1.40 bits per heavy atom. The molecule has 0 aliphatic heterocycles. The average Bonchev–Trinajstić information content (AvgIpc) is 2.97. The maximum atomic E-state index is 5.44. The van der Waals surface area contributed by atoms with E-state index >= 15 is 0 Å². The van der Waals surface area contributed by atoms with Crippen molar-refractivity contribution in [1.82, 2.24) is 15.0 Å². The second-order valence-electron chi connectivity index (χ2n) is 4.22. The predicted octanol–water partition coefficient (Wildman–Crippen LogP) is 1.64. The van der Waals surface area contributed by atoms with E-state index < -0.39 is 0 Å². The van der Waals surface area contributed by atoms with Gasteiger partial charge in [0.05, 0.1) is 6.61 Å². The second kappa shape index (κ2) is 7.01. The zero-order valence-corrected chi connectivity index (χ0v) is 12.4. The van der Waals surface area contributed by atoms with Crippen molar-refractivity contribution in [2.24, 2.45) is 5.84 Å². The van der Waals surface area contributed by atoms with E-state index in [0.717, 1.165) is 6.42 Å². The van der Waals surface area contributed by atoms with Crippen LogP contribution in [0, 0.1) is 0 Å².